The fraction of sp³-hybridized carbons (Fsp3) is 0.852. The van der Waals surface area contributed by atoms with E-state index in [9.17, 15) is 9.59 Å². The Balaban J connectivity index is 2.02. The minimum atomic E-state index is -0.0547. The molecule has 0 radical (unpaired) electrons. The van der Waals surface area contributed by atoms with E-state index in [-0.39, 0.29) is 20.9 Å². The van der Waals surface area contributed by atoms with Gasteiger partial charge < -0.3 is 4.74 Å². The molecular formula is C27H43IO3. The highest BCUT2D eigenvalue weighted by molar-refractivity contribution is 14.1. The zero-order chi connectivity index (χ0) is 23.1. The number of alkyl halides is 1. The highest BCUT2D eigenvalue weighted by atomic mass is 127. The normalized spacial score (nSPS) is 46.4. The largest absolute Gasteiger partial charge is 0.461 e. The molecule has 0 aromatic carbocycles. The van der Waals surface area contributed by atoms with Gasteiger partial charge in [-0.1, -0.05) is 83.6 Å². The van der Waals surface area contributed by atoms with Gasteiger partial charge in [-0.25, -0.2) is 0 Å². The second-order valence-electron chi connectivity index (χ2n) is 11.3. The molecule has 3 rings (SSSR count). The molecule has 0 aliphatic heterocycles. The van der Waals surface area contributed by atoms with Gasteiger partial charge in [-0.05, 0) is 72.7 Å². The number of ether oxygens (including phenoxy) is 1. The van der Waals surface area contributed by atoms with Crippen LogP contribution in [0.1, 0.15) is 80.6 Å². The summed E-state index contributed by atoms with van der Waals surface area (Å²) in [6.45, 7) is 16.2. The summed E-state index contributed by atoms with van der Waals surface area (Å²) in [6, 6.07) is 0. The molecule has 3 fully saturated rings. The lowest BCUT2D eigenvalue weighted by Crippen LogP contribution is -2.51. The number of hydrogen-bond donors (Lipinski definition) is 0. The SMILES string of the molecule is CCCC(C)(I)C1CCC2(C)C(OC(=O)CC)C(C)[C@@H](C)C2C1C1C(C)C1/C=C/C=O. The predicted octanol–water partition coefficient (Wildman–Crippen LogP) is 6.87. The van der Waals surface area contributed by atoms with Crippen molar-refractivity contribution in [3.8, 4) is 0 Å². The molecule has 176 valence electrons. The van der Waals surface area contributed by atoms with Crippen molar-refractivity contribution in [3.63, 3.8) is 0 Å². The topological polar surface area (TPSA) is 43.4 Å². The number of halogens is 1. The lowest BCUT2D eigenvalue weighted by molar-refractivity contribution is -0.160. The molecule has 3 nitrogen and oxygen atoms in total. The van der Waals surface area contributed by atoms with Gasteiger partial charge in [0.05, 0.1) is 0 Å². The van der Waals surface area contributed by atoms with E-state index in [1.165, 1.54) is 19.3 Å². The number of hydrogen-bond acceptors (Lipinski definition) is 3. The Labute approximate surface area is 203 Å². The van der Waals surface area contributed by atoms with Crippen LogP contribution in [0.5, 0.6) is 0 Å². The molecule has 0 amide bonds. The number of carbonyl (C=O) groups is 2. The number of aldehydes is 1. The number of fused-ring (bicyclic) bond motifs is 1. The highest BCUT2D eigenvalue weighted by Gasteiger charge is 2.67. The van der Waals surface area contributed by atoms with Crippen LogP contribution in [0.4, 0.5) is 0 Å². The summed E-state index contributed by atoms with van der Waals surface area (Å²) in [5, 5.41) is 0. The molecule has 3 saturated carbocycles. The summed E-state index contributed by atoms with van der Waals surface area (Å²) in [5.41, 5.74) is 0.0466. The first kappa shape index (κ1) is 25.2. The molecule has 0 saturated heterocycles. The Morgan fingerprint density at radius 1 is 1.16 bits per heavy atom. The second kappa shape index (κ2) is 9.46. The van der Waals surface area contributed by atoms with Crippen molar-refractivity contribution in [2.45, 2.75) is 90.1 Å². The number of rotatable bonds is 8. The van der Waals surface area contributed by atoms with Gasteiger partial charge in [0.2, 0.25) is 0 Å². The minimum Gasteiger partial charge on any atom is -0.461 e. The lowest BCUT2D eigenvalue weighted by atomic mass is 9.54. The molecule has 10 unspecified atom stereocenters. The highest BCUT2D eigenvalue weighted by Crippen LogP contribution is 2.70. The van der Waals surface area contributed by atoms with Gasteiger partial charge in [-0.3, -0.25) is 9.59 Å². The third-order valence-electron chi connectivity index (χ3n) is 9.59. The number of allylic oxidation sites excluding steroid dienone is 2. The van der Waals surface area contributed by atoms with Crippen LogP contribution in [0.2, 0.25) is 0 Å². The molecule has 3 aliphatic carbocycles. The fourth-order valence-corrected chi connectivity index (χ4v) is 9.23. The van der Waals surface area contributed by atoms with Gasteiger partial charge >= 0.3 is 5.97 Å². The van der Waals surface area contributed by atoms with E-state index < -0.39 is 0 Å². The Morgan fingerprint density at radius 3 is 2.42 bits per heavy atom. The third kappa shape index (κ3) is 4.40. The van der Waals surface area contributed by atoms with Gasteiger partial charge in [0.1, 0.15) is 12.4 Å². The molecule has 0 bridgehead atoms. The summed E-state index contributed by atoms with van der Waals surface area (Å²) < 4.78 is 6.43. The van der Waals surface area contributed by atoms with Crippen molar-refractivity contribution < 1.29 is 14.3 Å². The fourth-order valence-electron chi connectivity index (χ4n) is 7.96. The standard InChI is InChI=1S/C27H43IO3/c1-8-13-27(7,28)20-12-14-26(6)24(16(3)17(4)25(26)31-21(30)9-2)23(20)22-18(5)19(22)11-10-15-29/h10-11,15-20,22-25H,8-9,12-14H2,1-7H3/b11-10+/t16-,17?,18?,19?,20?,22?,23?,24?,25?,26?,27?/m1/s1. The summed E-state index contributed by atoms with van der Waals surface area (Å²) in [7, 11) is 0. The molecule has 0 heterocycles. The van der Waals surface area contributed by atoms with Crippen LogP contribution < -0.4 is 0 Å². The van der Waals surface area contributed by atoms with Crippen molar-refractivity contribution >= 4 is 34.8 Å². The summed E-state index contributed by atoms with van der Waals surface area (Å²) >= 11 is 2.76. The zero-order valence-electron chi connectivity index (χ0n) is 20.6. The zero-order valence-corrected chi connectivity index (χ0v) is 22.7. The molecule has 4 heteroatoms. The first-order chi connectivity index (χ1) is 14.5. The van der Waals surface area contributed by atoms with Crippen LogP contribution in [0, 0.1) is 52.8 Å². The second-order valence-corrected chi connectivity index (χ2v) is 13.8. The van der Waals surface area contributed by atoms with Crippen LogP contribution in [-0.2, 0) is 14.3 Å². The van der Waals surface area contributed by atoms with Crippen LogP contribution in [-0.4, -0.2) is 21.8 Å². The Morgan fingerprint density at radius 2 is 1.84 bits per heavy atom. The minimum absolute atomic E-state index is 0.0214. The quantitative estimate of drug-likeness (QED) is 0.111. The summed E-state index contributed by atoms with van der Waals surface area (Å²) in [6.07, 6.45) is 10.1. The summed E-state index contributed by atoms with van der Waals surface area (Å²) in [5.74, 6) is 4.47. The average Bonchev–Trinajstić information content (AvgIpc) is 3.31. The lowest BCUT2D eigenvalue weighted by Gasteiger charge is -2.53. The molecule has 0 aromatic rings. The van der Waals surface area contributed by atoms with E-state index in [2.05, 4.69) is 70.2 Å². The first-order valence-electron chi connectivity index (χ1n) is 12.5. The smallest absolute Gasteiger partial charge is 0.305 e. The maximum absolute atomic E-state index is 12.3. The molecule has 11 atom stereocenters. The van der Waals surface area contributed by atoms with Crippen molar-refractivity contribution in [2.24, 2.45) is 52.8 Å². The van der Waals surface area contributed by atoms with Crippen LogP contribution in [0.25, 0.3) is 0 Å². The predicted molar refractivity (Wildman–Crippen MR) is 135 cm³/mol. The van der Waals surface area contributed by atoms with E-state index >= 15 is 0 Å². The molecule has 31 heavy (non-hydrogen) atoms. The summed E-state index contributed by atoms with van der Waals surface area (Å²) in [4.78, 5) is 23.3. The van der Waals surface area contributed by atoms with Crippen molar-refractivity contribution in [2.75, 3.05) is 0 Å². The Kier molecular flexibility index (Phi) is 7.70. The van der Waals surface area contributed by atoms with Gasteiger partial charge in [-0.15, -0.1) is 0 Å². The van der Waals surface area contributed by atoms with Gasteiger partial charge in [-0.2, -0.15) is 0 Å². The van der Waals surface area contributed by atoms with Crippen LogP contribution in [0.3, 0.4) is 0 Å². The van der Waals surface area contributed by atoms with Crippen molar-refractivity contribution in [3.05, 3.63) is 12.2 Å². The van der Waals surface area contributed by atoms with Crippen LogP contribution >= 0.6 is 22.6 Å². The van der Waals surface area contributed by atoms with E-state index in [0.717, 1.165) is 12.7 Å². The van der Waals surface area contributed by atoms with E-state index in [0.29, 0.717) is 53.8 Å². The first-order valence-corrected chi connectivity index (χ1v) is 13.6. The number of esters is 1. The Bertz CT molecular complexity index is 701. The van der Waals surface area contributed by atoms with Gasteiger partial charge in [0, 0.05) is 15.3 Å². The molecular weight excluding hydrogens is 499 g/mol. The van der Waals surface area contributed by atoms with Gasteiger partial charge in [0.25, 0.3) is 0 Å². The van der Waals surface area contributed by atoms with Crippen LogP contribution in [0.15, 0.2) is 12.2 Å². The van der Waals surface area contributed by atoms with E-state index in [4.69, 9.17) is 4.74 Å². The number of carbonyl (C=O) groups excluding carboxylic acids is 2. The van der Waals surface area contributed by atoms with Crippen molar-refractivity contribution in [1.82, 2.24) is 0 Å². The monoisotopic (exact) mass is 542 g/mol. The Hall–Kier alpha value is -0.390. The molecule has 0 aromatic heterocycles. The van der Waals surface area contributed by atoms with E-state index in [1.807, 2.05) is 6.92 Å². The average molecular weight is 543 g/mol. The molecule has 0 spiro atoms. The van der Waals surface area contributed by atoms with Crippen molar-refractivity contribution in [1.29, 1.82) is 0 Å². The maximum Gasteiger partial charge on any atom is 0.305 e. The molecule has 0 N–H and O–H groups in total. The maximum atomic E-state index is 12.3. The van der Waals surface area contributed by atoms with Gasteiger partial charge in [0.15, 0.2) is 0 Å². The molecule has 3 aliphatic rings. The van der Waals surface area contributed by atoms with E-state index in [1.54, 1.807) is 6.08 Å². The third-order valence-corrected chi connectivity index (χ3v) is 10.9.